The summed E-state index contributed by atoms with van der Waals surface area (Å²) in [5.41, 5.74) is 0. The molecule has 0 aliphatic carbocycles. The van der Waals surface area contributed by atoms with Crippen molar-refractivity contribution in [2.75, 3.05) is 47.5 Å². The van der Waals surface area contributed by atoms with Crippen molar-refractivity contribution in [1.82, 2.24) is 0 Å². The van der Waals surface area contributed by atoms with Crippen LogP contribution in [0.3, 0.4) is 0 Å². The molecular weight excluding hydrogens is 317 g/mol. The first-order valence-electron chi connectivity index (χ1n) is 6.64. The number of esters is 2. The molecule has 0 saturated heterocycles. The van der Waals surface area contributed by atoms with Crippen LogP contribution < -0.4 is 0 Å². The van der Waals surface area contributed by atoms with Crippen LogP contribution in [-0.2, 0) is 32.7 Å². The van der Waals surface area contributed by atoms with Gasteiger partial charge in [-0.2, -0.15) is 0 Å². The van der Waals surface area contributed by atoms with E-state index in [1.807, 2.05) is 21.1 Å². The highest BCUT2D eigenvalue weighted by Crippen LogP contribution is 2.43. The highest BCUT2D eigenvalue weighted by atomic mass is 31.2. The van der Waals surface area contributed by atoms with Gasteiger partial charge in [0.05, 0.1) is 27.7 Å². The Hall–Kier alpha value is -0.990. The lowest BCUT2D eigenvalue weighted by Gasteiger charge is -2.24. The summed E-state index contributed by atoms with van der Waals surface area (Å²) in [6.45, 7) is 2.19. The molecule has 2 atom stereocenters. The first-order chi connectivity index (χ1) is 9.91. The van der Waals surface area contributed by atoms with Crippen LogP contribution >= 0.6 is 7.82 Å². The van der Waals surface area contributed by atoms with E-state index in [-0.39, 0.29) is 13.2 Å². The molecule has 0 rings (SSSR count). The molecule has 22 heavy (non-hydrogen) atoms. The summed E-state index contributed by atoms with van der Waals surface area (Å²) in [6, 6.07) is 0. The second-order valence-electron chi connectivity index (χ2n) is 5.65. The number of nitrogens with zero attached hydrogens (tertiary/aromatic N) is 1. The van der Waals surface area contributed by atoms with E-state index in [0.717, 1.165) is 6.92 Å². The van der Waals surface area contributed by atoms with Crippen molar-refractivity contribution in [2.45, 2.75) is 20.0 Å². The number of carbonyl (C=O) groups excluding carboxylic acids is 2. The fourth-order valence-electron chi connectivity index (χ4n) is 1.21. The number of likely N-dealkylation sites (N-methyl/N-ethyl adjacent to an activating group) is 1. The smallest absolute Gasteiger partial charge is 0.462 e. The third-order valence-corrected chi connectivity index (χ3v) is 3.23. The third-order valence-electron chi connectivity index (χ3n) is 2.25. The Kier molecular flexibility index (Phi) is 8.80. The van der Waals surface area contributed by atoms with Crippen molar-refractivity contribution in [3.8, 4) is 0 Å². The third kappa shape index (κ3) is 12.7. The van der Waals surface area contributed by atoms with Gasteiger partial charge in [-0.15, -0.1) is 0 Å². The minimum Gasteiger partial charge on any atom is -0.462 e. The minimum atomic E-state index is -4.27. The molecule has 0 aromatic carbocycles. The van der Waals surface area contributed by atoms with Gasteiger partial charge >= 0.3 is 19.8 Å². The number of rotatable bonds is 10. The lowest BCUT2D eigenvalue weighted by molar-refractivity contribution is -0.870. The summed E-state index contributed by atoms with van der Waals surface area (Å²) in [5.74, 6) is -1.19. The second-order valence-corrected chi connectivity index (χ2v) is 7.10. The molecule has 1 N–H and O–H groups in total. The monoisotopic (exact) mass is 342 g/mol. The molecule has 0 aliphatic rings. The van der Waals surface area contributed by atoms with Gasteiger partial charge in [0.15, 0.2) is 6.10 Å². The summed E-state index contributed by atoms with van der Waals surface area (Å²) in [6.07, 6.45) is -0.983. The standard InChI is InChI=1S/C12H24NO8P/c1-10(14)18-8-12(21-11(2)15)9-20-22(16,17)19-7-6-13(3,4)5/h12H,6-9H2,1-5H3/p+1/t12-/m0/s1. The van der Waals surface area contributed by atoms with Crippen LogP contribution in [-0.4, -0.2) is 74.9 Å². The molecule has 0 aromatic rings. The number of phosphoric ester groups is 1. The number of carbonyl (C=O) groups is 2. The normalized spacial score (nSPS) is 15.7. The van der Waals surface area contributed by atoms with Crippen LogP contribution in [0.4, 0.5) is 0 Å². The molecule has 10 heteroatoms. The fraction of sp³-hybridized carbons (Fsp3) is 0.833. The number of hydrogen-bond donors (Lipinski definition) is 1. The van der Waals surface area contributed by atoms with E-state index in [1.165, 1.54) is 6.92 Å². The minimum absolute atomic E-state index is 0.0272. The number of hydrogen-bond acceptors (Lipinski definition) is 7. The first kappa shape index (κ1) is 21.0. The Balaban J connectivity index is 4.32. The van der Waals surface area contributed by atoms with Crippen molar-refractivity contribution in [3.63, 3.8) is 0 Å². The first-order valence-corrected chi connectivity index (χ1v) is 8.14. The van der Waals surface area contributed by atoms with E-state index in [2.05, 4.69) is 4.74 Å². The zero-order valence-electron chi connectivity index (χ0n) is 13.6. The predicted octanol–water partition coefficient (Wildman–Crippen LogP) is 0.321. The van der Waals surface area contributed by atoms with E-state index in [4.69, 9.17) is 13.8 Å². The highest BCUT2D eigenvalue weighted by molar-refractivity contribution is 7.47. The molecule has 0 fully saturated rings. The van der Waals surface area contributed by atoms with Crippen LogP contribution in [0, 0.1) is 0 Å². The topological polar surface area (TPSA) is 108 Å². The Morgan fingerprint density at radius 3 is 2.14 bits per heavy atom. The molecule has 9 nitrogen and oxygen atoms in total. The summed E-state index contributed by atoms with van der Waals surface area (Å²) in [7, 11) is 1.45. The molecule has 0 radical (unpaired) electrons. The van der Waals surface area contributed by atoms with Crippen molar-refractivity contribution in [2.24, 2.45) is 0 Å². The molecule has 0 aliphatic heterocycles. The molecule has 0 spiro atoms. The molecule has 0 aromatic heterocycles. The van der Waals surface area contributed by atoms with Crippen molar-refractivity contribution in [3.05, 3.63) is 0 Å². The molecular formula is C12H25NO8P+. The fourth-order valence-corrected chi connectivity index (χ4v) is 1.95. The van der Waals surface area contributed by atoms with E-state index >= 15 is 0 Å². The SMILES string of the molecule is CC(=O)OC[C@@H](COP(=O)(O)OCC[N+](C)(C)C)OC(C)=O. The molecule has 0 saturated carbocycles. The van der Waals surface area contributed by atoms with Gasteiger partial charge in [0, 0.05) is 13.8 Å². The summed E-state index contributed by atoms with van der Waals surface area (Å²) in [4.78, 5) is 31.2. The van der Waals surface area contributed by atoms with Gasteiger partial charge in [-0.1, -0.05) is 0 Å². The van der Waals surface area contributed by atoms with Gasteiger partial charge in [0.2, 0.25) is 0 Å². The Morgan fingerprint density at radius 2 is 1.68 bits per heavy atom. The molecule has 0 heterocycles. The van der Waals surface area contributed by atoms with Crippen LogP contribution in [0.25, 0.3) is 0 Å². The zero-order chi connectivity index (χ0) is 17.4. The van der Waals surface area contributed by atoms with Gasteiger partial charge in [-0.25, -0.2) is 4.57 Å². The van der Waals surface area contributed by atoms with Gasteiger partial charge in [-0.3, -0.25) is 18.6 Å². The van der Waals surface area contributed by atoms with Gasteiger partial charge in [0.25, 0.3) is 0 Å². The molecule has 1 unspecified atom stereocenters. The van der Waals surface area contributed by atoms with Crippen molar-refractivity contribution >= 4 is 19.8 Å². The lowest BCUT2D eigenvalue weighted by atomic mass is 10.4. The van der Waals surface area contributed by atoms with Gasteiger partial charge in [0.1, 0.15) is 19.8 Å². The van der Waals surface area contributed by atoms with E-state index in [1.54, 1.807) is 0 Å². The van der Waals surface area contributed by atoms with Crippen molar-refractivity contribution in [1.29, 1.82) is 0 Å². The van der Waals surface area contributed by atoms with Crippen molar-refractivity contribution < 1.29 is 42.1 Å². The second kappa shape index (κ2) is 9.22. The van der Waals surface area contributed by atoms with E-state index < -0.39 is 32.5 Å². The number of quaternary nitrogens is 1. The molecule has 0 bridgehead atoms. The van der Waals surface area contributed by atoms with Crippen LogP contribution in [0.15, 0.2) is 0 Å². The highest BCUT2D eigenvalue weighted by Gasteiger charge is 2.26. The Bertz CT molecular complexity index is 420. The maximum Gasteiger partial charge on any atom is 0.472 e. The predicted molar refractivity (Wildman–Crippen MR) is 76.8 cm³/mol. The number of phosphoric acid groups is 1. The summed E-state index contributed by atoms with van der Waals surface area (Å²) < 4.78 is 31.3. The van der Waals surface area contributed by atoms with Gasteiger partial charge in [-0.05, 0) is 0 Å². The van der Waals surface area contributed by atoms with Crippen LogP contribution in [0.2, 0.25) is 0 Å². The van der Waals surface area contributed by atoms with E-state index in [9.17, 15) is 19.0 Å². The molecule has 0 amide bonds. The lowest BCUT2D eigenvalue weighted by Crippen LogP contribution is -2.37. The van der Waals surface area contributed by atoms with Gasteiger partial charge < -0.3 is 18.9 Å². The average Bonchev–Trinajstić information content (AvgIpc) is 2.30. The average molecular weight is 342 g/mol. The summed E-state index contributed by atoms with van der Waals surface area (Å²) in [5, 5.41) is 0. The van der Waals surface area contributed by atoms with Crippen LogP contribution in [0.5, 0.6) is 0 Å². The quantitative estimate of drug-likeness (QED) is 0.343. The Morgan fingerprint density at radius 1 is 1.09 bits per heavy atom. The molecule has 130 valence electrons. The number of ether oxygens (including phenoxy) is 2. The Labute approximate surface area is 130 Å². The van der Waals surface area contributed by atoms with E-state index in [0.29, 0.717) is 11.0 Å². The zero-order valence-corrected chi connectivity index (χ0v) is 14.5. The summed E-state index contributed by atoms with van der Waals surface area (Å²) >= 11 is 0. The van der Waals surface area contributed by atoms with Crippen LogP contribution in [0.1, 0.15) is 13.8 Å². The maximum absolute atomic E-state index is 11.7. The largest absolute Gasteiger partial charge is 0.472 e. The maximum atomic E-state index is 11.7.